The minimum absolute atomic E-state index is 0.144. The largest absolute Gasteiger partial charge is 0.271 e. The molecule has 0 saturated carbocycles. The zero-order valence-corrected chi connectivity index (χ0v) is 12.8. The van der Waals surface area contributed by atoms with Crippen molar-refractivity contribution in [1.82, 2.24) is 9.78 Å². The number of rotatable bonds is 5. The third-order valence-electron chi connectivity index (χ3n) is 3.38. The minimum Gasteiger partial charge on any atom is -0.271 e. The van der Waals surface area contributed by atoms with Crippen molar-refractivity contribution < 1.29 is 0 Å². The first-order valence-electron chi connectivity index (χ1n) is 6.22. The lowest BCUT2D eigenvalue weighted by molar-refractivity contribution is 0.368. The van der Waals surface area contributed by atoms with Crippen LogP contribution < -0.4 is 0 Å². The van der Waals surface area contributed by atoms with Crippen LogP contribution in [-0.4, -0.2) is 15.2 Å². The highest BCUT2D eigenvalue weighted by molar-refractivity contribution is 6.31. The summed E-state index contributed by atoms with van der Waals surface area (Å²) in [6.45, 7) is 8.53. The number of alkyl halides is 1. The summed E-state index contributed by atoms with van der Waals surface area (Å²) >= 11 is 12.6. The van der Waals surface area contributed by atoms with Gasteiger partial charge in [0.1, 0.15) is 0 Å². The molecule has 2 unspecified atom stereocenters. The van der Waals surface area contributed by atoms with Gasteiger partial charge < -0.3 is 0 Å². The molecule has 17 heavy (non-hydrogen) atoms. The minimum atomic E-state index is 0.144. The summed E-state index contributed by atoms with van der Waals surface area (Å²) in [4.78, 5) is 0. The van der Waals surface area contributed by atoms with Crippen molar-refractivity contribution in [3.63, 3.8) is 0 Å². The molecule has 1 aromatic heterocycles. The third kappa shape index (κ3) is 3.38. The normalized spacial score (nSPS) is 15.3. The Morgan fingerprint density at radius 3 is 2.24 bits per heavy atom. The molecule has 0 N–H and O–H groups in total. The van der Waals surface area contributed by atoms with Crippen LogP contribution >= 0.6 is 23.2 Å². The molecule has 2 nitrogen and oxygen atoms in total. The molecule has 0 aliphatic heterocycles. The lowest BCUT2D eigenvalue weighted by Gasteiger charge is -2.23. The van der Waals surface area contributed by atoms with Crippen LogP contribution in [0.1, 0.15) is 39.1 Å². The molecule has 1 aromatic rings. The molecule has 0 radical (unpaired) electrons. The van der Waals surface area contributed by atoms with Crippen molar-refractivity contribution >= 4 is 23.2 Å². The molecule has 0 spiro atoms. The quantitative estimate of drug-likeness (QED) is 0.741. The van der Waals surface area contributed by atoms with E-state index in [2.05, 4.69) is 32.8 Å². The van der Waals surface area contributed by atoms with Gasteiger partial charge in [0.2, 0.25) is 0 Å². The molecule has 1 rings (SSSR count). The number of hydrogen-bond donors (Lipinski definition) is 0. The first-order chi connectivity index (χ1) is 7.88. The zero-order chi connectivity index (χ0) is 13.2. The number of aromatic nitrogens is 2. The second-order valence-corrected chi connectivity index (χ2v) is 6.04. The van der Waals surface area contributed by atoms with E-state index in [4.69, 9.17) is 23.2 Å². The summed E-state index contributed by atoms with van der Waals surface area (Å²) in [7, 11) is 1.96. The van der Waals surface area contributed by atoms with Crippen molar-refractivity contribution in [2.45, 2.75) is 45.9 Å². The van der Waals surface area contributed by atoms with E-state index in [0.717, 1.165) is 29.3 Å². The van der Waals surface area contributed by atoms with Gasteiger partial charge in [0.25, 0.3) is 0 Å². The van der Waals surface area contributed by atoms with Crippen LogP contribution in [0.25, 0.3) is 0 Å². The number of halogens is 2. The van der Waals surface area contributed by atoms with E-state index in [0.29, 0.717) is 11.8 Å². The SMILES string of the molecule is CCc1nn(C)c(CC(C(C)C)C(C)Cl)c1Cl. The van der Waals surface area contributed by atoms with Gasteiger partial charge >= 0.3 is 0 Å². The highest BCUT2D eigenvalue weighted by Gasteiger charge is 2.23. The maximum Gasteiger partial charge on any atom is 0.0849 e. The Balaban J connectivity index is 2.97. The van der Waals surface area contributed by atoms with Crippen LogP contribution in [0.5, 0.6) is 0 Å². The van der Waals surface area contributed by atoms with Crippen molar-refractivity contribution in [2.75, 3.05) is 0 Å². The van der Waals surface area contributed by atoms with Crippen LogP contribution in [-0.2, 0) is 19.9 Å². The smallest absolute Gasteiger partial charge is 0.0849 e. The zero-order valence-electron chi connectivity index (χ0n) is 11.3. The van der Waals surface area contributed by atoms with Gasteiger partial charge in [-0.15, -0.1) is 11.6 Å². The molecule has 0 bridgehead atoms. The van der Waals surface area contributed by atoms with Gasteiger partial charge in [0.05, 0.1) is 16.4 Å². The summed E-state index contributed by atoms with van der Waals surface area (Å²) in [6, 6.07) is 0. The predicted octanol–water partition coefficient (Wildman–Crippen LogP) is 4.08. The lowest BCUT2D eigenvalue weighted by atomic mass is 9.88. The molecule has 98 valence electrons. The average Bonchev–Trinajstić information content (AvgIpc) is 2.50. The lowest BCUT2D eigenvalue weighted by Crippen LogP contribution is -2.22. The first kappa shape index (κ1) is 14.8. The molecular formula is C13H22Cl2N2. The van der Waals surface area contributed by atoms with Crippen molar-refractivity contribution in [3.8, 4) is 0 Å². The fourth-order valence-corrected chi connectivity index (χ4v) is 2.94. The first-order valence-corrected chi connectivity index (χ1v) is 7.04. The Labute approximate surface area is 114 Å². The molecule has 2 atom stereocenters. The molecule has 0 fully saturated rings. The van der Waals surface area contributed by atoms with Crippen molar-refractivity contribution in [3.05, 3.63) is 16.4 Å². The molecule has 1 heterocycles. The monoisotopic (exact) mass is 276 g/mol. The number of aryl methyl sites for hydroxylation is 2. The highest BCUT2D eigenvalue weighted by Crippen LogP contribution is 2.29. The molecule has 0 aliphatic rings. The Bertz CT molecular complexity index is 362. The fourth-order valence-electron chi connectivity index (χ4n) is 2.19. The fraction of sp³-hybridized carbons (Fsp3) is 0.769. The molecule has 0 saturated heterocycles. The molecule has 0 aromatic carbocycles. The molecule has 0 amide bonds. The number of hydrogen-bond acceptors (Lipinski definition) is 1. The summed E-state index contributed by atoms with van der Waals surface area (Å²) in [5, 5.41) is 5.40. The van der Waals surface area contributed by atoms with Crippen molar-refractivity contribution in [2.24, 2.45) is 18.9 Å². The van der Waals surface area contributed by atoms with E-state index in [1.165, 1.54) is 0 Å². The van der Waals surface area contributed by atoms with Crippen LogP contribution in [0.4, 0.5) is 0 Å². The Morgan fingerprint density at radius 2 is 1.88 bits per heavy atom. The van der Waals surface area contributed by atoms with Gasteiger partial charge in [-0.25, -0.2) is 0 Å². The second kappa shape index (κ2) is 6.10. The Kier molecular flexibility index (Phi) is 5.33. The highest BCUT2D eigenvalue weighted by atomic mass is 35.5. The summed E-state index contributed by atoms with van der Waals surface area (Å²) in [5.74, 6) is 0.966. The molecule has 4 heteroatoms. The topological polar surface area (TPSA) is 17.8 Å². The van der Waals surface area contributed by atoms with E-state index < -0.39 is 0 Å². The molecule has 0 aliphatic carbocycles. The van der Waals surface area contributed by atoms with E-state index in [1.807, 2.05) is 11.7 Å². The van der Waals surface area contributed by atoms with E-state index >= 15 is 0 Å². The van der Waals surface area contributed by atoms with Gasteiger partial charge in [-0.05, 0) is 31.6 Å². The maximum absolute atomic E-state index is 6.36. The van der Waals surface area contributed by atoms with Gasteiger partial charge in [-0.2, -0.15) is 5.10 Å². The summed E-state index contributed by atoms with van der Waals surface area (Å²) in [5.41, 5.74) is 2.09. The molecular weight excluding hydrogens is 255 g/mol. The Hall–Kier alpha value is -0.210. The van der Waals surface area contributed by atoms with Crippen LogP contribution in [0.15, 0.2) is 0 Å². The van der Waals surface area contributed by atoms with Crippen LogP contribution in [0, 0.1) is 11.8 Å². The van der Waals surface area contributed by atoms with Crippen LogP contribution in [0.2, 0.25) is 5.02 Å². The van der Waals surface area contributed by atoms with E-state index in [-0.39, 0.29) is 5.38 Å². The standard InChI is InChI=1S/C13H22Cl2N2/c1-6-11-13(15)12(17(5)16-11)7-10(8(2)3)9(4)14/h8-10H,6-7H2,1-5H3. The van der Waals surface area contributed by atoms with Crippen molar-refractivity contribution in [1.29, 1.82) is 0 Å². The van der Waals surface area contributed by atoms with Gasteiger partial charge in [0.15, 0.2) is 0 Å². The summed E-state index contributed by atoms with van der Waals surface area (Å²) < 4.78 is 1.90. The van der Waals surface area contributed by atoms with Gasteiger partial charge in [-0.1, -0.05) is 32.4 Å². The van der Waals surface area contributed by atoms with Gasteiger partial charge in [0, 0.05) is 12.4 Å². The number of nitrogens with zero attached hydrogens (tertiary/aromatic N) is 2. The van der Waals surface area contributed by atoms with E-state index in [1.54, 1.807) is 0 Å². The van der Waals surface area contributed by atoms with Crippen LogP contribution in [0.3, 0.4) is 0 Å². The average molecular weight is 277 g/mol. The second-order valence-electron chi connectivity index (χ2n) is 4.97. The third-order valence-corrected chi connectivity index (χ3v) is 4.14. The van der Waals surface area contributed by atoms with Gasteiger partial charge in [-0.3, -0.25) is 4.68 Å². The van der Waals surface area contributed by atoms with E-state index in [9.17, 15) is 0 Å². The Morgan fingerprint density at radius 1 is 1.29 bits per heavy atom. The summed E-state index contributed by atoms with van der Waals surface area (Å²) in [6.07, 6.45) is 1.76. The predicted molar refractivity (Wildman–Crippen MR) is 74.9 cm³/mol. The maximum atomic E-state index is 6.36.